The molecule has 0 aromatic carbocycles. The molecule has 7 nitrogen and oxygen atoms in total. The Morgan fingerprint density at radius 1 is 1.47 bits per heavy atom. The van der Waals surface area contributed by atoms with Gasteiger partial charge in [0.15, 0.2) is 0 Å². The summed E-state index contributed by atoms with van der Waals surface area (Å²) in [6.07, 6.45) is 5.72. The molecule has 1 unspecified atom stereocenters. The van der Waals surface area contributed by atoms with Gasteiger partial charge in [-0.25, -0.2) is 14.6 Å². The fourth-order valence-electron chi connectivity index (χ4n) is 1.97. The molecule has 17 heavy (non-hydrogen) atoms. The number of halogens is 1. The van der Waals surface area contributed by atoms with Crippen molar-refractivity contribution in [1.29, 1.82) is 0 Å². The monoisotopic (exact) mass is 254 g/mol. The van der Waals surface area contributed by atoms with E-state index >= 15 is 0 Å². The van der Waals surface area contributed by atoms with Crippen LogP contribution in [0.1, 0.15) is 12.8 Å². The van der Waals surface area contributed by atoms with Gasteiger partial charge in [0.05, 0.1) is 18.2 Å². The number of aliphatic hydroxyl groups is 1. The minimum atomic E-state index is -0.582. The van der Waals surface area contributed by atoms with Gasteiger partial charge in [-0.05, 0) is 24.4 Å². The summed E-state index contributed by atoms with van der Waals surface area (Å²) in [5.41, 5.74) is -0.383. The first-order chi connectivity index (χ1) is 8.21. The highest BCUT2D eigenvalue weighted by atomic mass is 35.5. The van der Waals surface area contributed by atoms with Crippen LogP contribution in [0.4, 0.5) is 0 Å². The standard InChI is InChI=1S/C9H11ClN6O/c10-8-12-6-16(14-8)9(1-2-9)7(17)3-15-5-11-4-13-15/h4-7,17H,1-3H2. The van der Waals surface area contributed by atoms with Crippen LogP contribution in [-0.4, -0.2) is 40.7 Å². The Kier molecular flexibility index (Phi) is 2.37. The number of rotatable bonds is 4. The third kappa shape index (κ3) is 1.81. The molecule has 0 bridgehead atoms. The lowest BCUT2D eigenvalue weighted by Crippen LogP contribution is -2.36. The molecular weight excluding hydrogens is 244 g/mol. The van der Waals surface area contributed by atoms with E-state index in [9.17, 15) is 5.11 Å². The van der Waals surface area contributed by atoms with Crippen molar-refractivity contribution >= 4 is 11.6 Å². The molecule has 1 aliphatic rings. The van der Waals surface area contributed by atoms with E-state index in [1.807, 2.05) is 0 Å². The zero-order valence-corrected chi connectivity index (χ0v) is 9.70. The lowest BCUT2D eigenvalue weighted by atomic mass is 10.1. The predicted molar refractivity (Wildman–Crippen MR) is 58.3 cm³/mol. The van der Waals surface area contributed by atoms with E-state index in [-0.39, 0.29) is 10.8 Å². The van der Waals surface area contributed by atoms with Crippen LogP contribution in [0.15, 0.2) is 19.0 Å². The van der Waals surface area contributed by atoms with Gasteiger partial charge in [-0.1, -0.05) is 0 Å². The van der Waals surface area contributed by atoms with Crippen molar-refractivity contribution in [1.82, 2.24) is 29.5 Å². The normalized spacial score (nSPS) is 19.2. The molecular formula is C9H11ClN6O. The van der Waals surface area contributed by atoms with Crippen LogP contribution in [0.5, 0.6) is 0 Å². The molecule has 1 saturated carbocycles. The van der Waals surface area contributed by atoms with E-state index in [2.05, 4.69) is 20.2 Å². The fourth-order valence-corrected chi connectivity index (χ4v) is 2.10. The first-order valence-electron chi connectivity index (χ1n) is 5.29. The second-order valence-corrected chi connectivity index (χ2v) is 4.53. The lowest BCUT2D eigenvalue weighted by Gasteiger charge is -2.21. The Labute approximate surface area is 102 Å². The molecule has 90 valence electrons. The van der Waals surface area contributed by atoms with E-state index < -0.39 is 6.10 Å². The van der Waals surface area contributed by atoms with Gasteiger partial charge in [0.25, 0.3) is 0 Å². The molecule has 0 spiro atoms. The number of hydrogen-bond acceptors (Lipinski definition) is 5. The first-order valence-corrected chi connectivity index (χ1v) is 5.67. The summed E-state index contributed by atoms with van der Waals surface area (Å²) in [7, 11) is 0. The molecule has 2 aromatic rings. The van der Waals surface area contributed by atoms with Crippen molar-refractivity contribution in [3.8, 4) is 0 Å². The van der Waals surface area contributed by atoms with Crippen molar-refractivity contribution in [2.75, 3.05) is 0 Å². The van der Waals surface area contributed by atoms with E-state index in [1.54, 1.807) is 22.0 Å². The molecule has 1 N–H and O–H groups in total. The highest BCUT2D eigenvalue weighted by Gasteiger charge is 2.52. The second-order valence-electron chi connectivity index (χ2n) is 4.20. The zero-order chi connectivity index (χ0) is 11.9. The van der Waals surface area contributed by atoms with Crippen molar-refractivity contribution in [2.45, 2.75) is 31.0 Å². The van der Waals surface area contributed by atoms with Gasteiger partial charge < -0.3 is 5.11 Å². The van der Waals surface area contributed by atoms with Crippen LogP contribution in [-0.2, 0) is 12.1 Å². The summed E-state index contributed by atoms with van der Waals surface area (Å²) in [4.78, 5) is 7.71. The minimum absolute atomic E-state index is 0.198. The molecule has 0 radical (unpaired) electrons. The number of aromatic nitrogens is 6. The van der Waals surface area contributed by atoms with E-state index in [1.165, 1.54) is 6.33 Å². The maximum Gasteiger partial charge on any atom is 0.242 e. The second kappa shape index (κ2) is 3.78. The fraction of sp³-hybridized carbons (Fsp3) is 0.556. The summed E-state index contributed by atoms with van der Waals surface area (Å²) in [6, 6.07) is 0. The summed E-state index contributed by atoms with van der Waals surface area (Å²) in [6.45, 7) is 0.386. The van der Waals surface area contributed by atoms with Crippen molar-refractivity contribution < 1.29 is 5.11 Å². The van der Waals surface area contributed by atoms with Crippen molar-refractivity contribution in [3.05, 3.63) is 24.3 Å². The minimum Gasteiger partial charge on any atom is -0.389 e. The largest absolute Gasteiger partial charge is 0.389 e. The third-order valence-electron chi connectivity index (χ3n) is 3.13. The molecule has 1 fully saturated rings. The average molecular weight is 255 g/mol. The number of aliphatic hydroxyl groups excluding tert-OH is 1. The Morgan fingerprint density at radius 2 is 2.29 bits per heavy atom. The van der Waals surface area contributed by atoms with Gasteiger partial charge in [0.1, 0.15) is 19.0 Å². The van der Waals surface area contributed by atoms with Crippen LogP contribution in [0.2, 0.25) is 5.28 Å². The molecule has 3 rings (SSSR count). The van der Waals surface area contributed by atoms with Gasteiger partial charge in [-0.2, -0.15) is 5.10 Å². The maximum absolute atomic E-state index is 10.3. The lowest BCUT2D eigenvalue weighted by molar-refractivity contribution is 0.0704. The van der Waals surface area contributed by atoms with E-state index in [0.29, 0.717) is 6.54 Å². The third-order valence-corrected chi connectivity index (χ3v) is 3.30. The van der Waals surface area contributed by atoms with Crippen LogP contribution in [0, 0.1) is 0 Å². The smallest absolute Gasteiger partial charge is 0.242 e. The quantitative estimate of drug-likeness (QED) is 0.835. The summed E-state index contributed by atoms with van der Waals surface area (Å²) in [5, 5.41) is 18.5. The van der Waals surface area contributed by atoms with Gasteiger partial charge in [0.2, 0.25) is 5.28 Å². The average Bonchev–Trinajstić information content (AvgIpc) is 2.74. The maximum atomic E-state index is 10.3. The predicted octanol–water partition coefficient (Wildman–Crippen LogP) is 0.0732. The van der Waals surface area contributed by atoms with Gasteiger partial charge in [-0.3, -0.25) is 4.68 Å². The molecule has 0 amide bonds. The molecule has 2 aromatic heterocycles. The molecule has 0 saturated heterocycles. The van der Waals surface area contributed by atoms with Crippen LogP contribution < -0.4 is 0 Å². The summed E-state index contributed by atoms with van der Waals surface area (Å²) >= 11 is 5.69. The first kappa shape index (κ1) is 10.7. The summed E-state index contributed by atoms with van der Waals surface area (Å²) < 4.78 is 3.25. The van der Waals surface area contributed by atoms with Gasteiger partial charge in [0, 0.05) is 0 Å². The van der Waals surface area contributed by atoms with Crippen LogP contribution >= 0.6 is 11.6 Å². The van der Waals surface area contributed by atoms with Gasteiger partial charge >= 0.3 is 0 Å². The molecule has 8 heteroatoms. The van der Waals surface area contributed by atoms with Crippen molar-refractivity contribution in [2.24, 2.45) is 0 Å². The number of hydrogen-bond donors (Lipinski definition) is 1. The van der Waals surface area contributed by atoms with Crippen LogP contribution in [0.3, 0.4) is 0 Å². The highest BCUT2D eigenvalue weighted by molar-refractivity contribution is 6.28. The van der Waals surface area contributed by atoms with E-state index in [4.69, 9.17) is 11.6 Å². The van der Waals surface area contributed by atoms with Crippen molar-refractivity contribution in [3.63, 3.8) is 0 Å². The van der Waals surface area contributed by atoms with Crippen LogP contribution in [0.25, 0.3) is 0 Å². The Hall–Kier alpha value is -1.47. The SMILES string of the molecule is OC(Cn1cncn1)C1(n2cnc(Cl)n2)CC1. The zero-order valence-electron chi connectivity index (χ0n) is 8.94. The topological polar surface area (TPSA) is 81.6 Å². The molecule has 2 heterocycles. The summed E-state index contributed by atoms with van der Waals surface area (Å²) in [5.74, 6) is 0. The Balaban J connectivity index is 1.79. The molecule has 0 aliphatic heterocycles. The van der Waals surface area contributed by atoms with E-state index in [0.717, 1.165) is 12.8 Å². The Bertz CT molecular complexity index is 505. The van der Waals surface area contributed by atoms with Gasteiger partial charge in [-0.15, -0.1) is 5.10 Å². The molecule has 1 atom stereocenters. The molecule has 1 aliphatic carbocycles. The Morgan fingerprint density at radius 3 is 2.82 bits per heavy atom. The number of nitrogens with zero attached hydrogens (tertiary/aromatic N) is 6. The highest BCUT2D eigenvalue weighted by Crippen LogP contribution is 2.46.